The predicted molar refractivity (Wildman–Crippen MR) is 73.2 cm³/mol. The molecule has 2 rings (SSSR count). The highest BCUT2D eigenvalue weighted by Crippen LogP contribution is 2.26. The molecule has 2 nitrogen and oxygen atoms in total. The van der Waals surface area contributed by atoms with Gasteiger partial charge in [-0.3, -0.25) is 0 Å². The van der Waals surface area contributed by atoms with Crippen LogP contribution in [-0.2, 0) is 13.2 Å². The number of aliphatic hydroxyl groups excluding tert-OH is 1. The third kappa shape index (κ3) is 3.39. The van der Waals surface area contributed by atoms with Gasteiger partial charge in [-0.05, 0) is 23.3 Å². The van der Waals surface area contributed by atoms with Gasteiger partial charge in [0.1, 0.15) is 12.4 Å². The molecule has 0 fully saturated rings. The molecule has 0 amide bonds. The SMILES string of the molecule is OCc1ccc(COc2ccc(Cl)c(Cl)c2)cc1. The summed E-state index contributed by atoms with van der Waals surface area (Å²) < 4.78 is 5.60. The van der Waals surface area contributed by atoms with Gasteiger partial charge in [0.05, 0.1) is 16.7 Å². The van der Waals surface area contributed by atoms with Gasteiger partial charge < -0.3 is 9.84 Å². The average molecular weight is 283 g/mol. The molecule has 0 aliphatic rings. The number of aliphatic hydroxyl groups is 1. The Morgan fingerprint density at radius 2 is 1.56 bits per heavy atom. The number of ether oxygens (including phenoxy) is 1. The Morgan fingerprint density at radius 3 is 2.17 bits per heavy atom. The van der Waals surface area contributed by atoms with Gasteiger partial charge in [-0.25, -0.2) is 0 Å². The van der Waals surface area contributed by atoms with Crippen molar-refractivity contribution >= 4 is 23.2 Å². The van der Waals surface area contributed by atoms with Gasteiger partial charge in [0.2, 0.25) is 0 Å². The van der Waals surface area contributed by atoms with E-state index in [-0.39, 0.29) is 6.61 Å². The van der Waals surface area contributed by atoms with Crippen molar-refractivity contribution in [3.8, 4) is 5.75 Å². The van der Waals surface area contributed by atoms with Crippen molar-refractivity contribution in [3.05, 3.63) is 63.6 Å². The minimum atomic E-state index is 0.0495. The Balaban J connectivity index is 1.99. The molecule has 0 spiro atoms. The molecule has 0 saturated carbocycles. The molecule has 0 bridgehead atoms. The standard InChI is InChI=1S/C14H12Cl2O2/c15-13-6-5-12(7-14(13)16)18-9-11-3-1-10(8-17)2-4-11/h1-7,17H,8-9H2. The summed E-state index contributed by atoms with van der Waals surface area (Å²) in [5, 5.41) is 9.92. The van der Waals surface area contributed by atoms with E-state index in [0.717, 1.165) is 11.1 Å². The fourth-order valence-electron chi connectivity index (χ4n) is 1.47. The van der Waals surface area contributed by atoms with E-state index in [1.54, 1.807) is 18.2 Å². The molecule has 0 radical (unpaired) electrons. The summed E-state index contributed by atoms with van der Waals surface area (Å²) >= 11 is 11.7. The molecular weight excluding hydrogens is 271 g/mol. The third-order valence-corrected chi connectivity index (χ3v) is 3.24. The molecule has 0 aliphatic carbocycles. The number of rotatable bonds is 4. The normalized spacial score (nSPS) is 10.4. The molecule has 4 heteroatoms. The Bertz CT molecular complexity index is 524. The fraction of sp³-hybridized carbons (Fsp3) is 0.143. The number of halogens is 2. The van der Waals surface area contributed by atoms with E-state index in [0.29, 0.717) is 22.4 Å². The molecule has 0 heterocycles. The van der Waals surface area contributed by atoms with Crippen LogP contribution in [0.1, 0.15) is 11.1 Å². The zero-order valence-electron chi connectivity index (χ0n) is 9.57. The van der Waals surface area contributed by atoms with Crippen molar-refractivity contribution in [2.24, 2.45) is 0 Å². The lowest BCUT2D eigenvalue weighted by Crippen LogP contribution is -1.95. The molecule has 94 valence electrons. The number of hydrogen-bond donors (Lipinski definition) is 1. The molecule has 18 heavy (non-hydrogen) atoms. The first-order valence-corrected chi connectivity index (χ1v) is 6.21. The number of benzene rings is 2. The Labute approximate surface area is 116 Å². The zero-order valence-corrected chi connectivity index (χ0v) is 11.1. The highest BCUT2D eigenvalue weighted by Gasteiger charge is 2.01. The quantitative estimate of drug-likeness (QED) is 0.916. The van der Waals surface area contributed by atoms with E-state index in [9.17, 15) is 0 Å². The maximum atomic E-state index is 8.93. The summed E-state index contributed by atoms with van der Waals surface area (Å²) in [6.45, 7) is 0.498. The first-order valence-electron chi connectivity index (χ1n) is 5.45. The molecule has 0 atom stereocenters. The Kier molecular flexibility index (Phi) is 4.48. The Hall–Kier alpha value is -1.22. The monoisotopic (exact) mass is 282 g/mol. The summed E-state index contributed by atoms with van der Waals surface area (Å²) in [6.07, 6.45) is 0. The second-order valence-electron chi connectivity index (χ2n) is 3.84. The van der Waals surface area contributed by atoms with Crippen molar-refractivity contribution in [2.45, 2.75) is 13.2 Å². The second kappa shape index (κ2) is 6.10. The summed E-state index contributed by atoms with van der Waals surface area (Å²) in [4.78, 5) is 0. The molecule has 2 aromatic rings. The van der Waals surface area contributed by atoms with Gasteiger partial charge in [0.15, 0.2) is 0 Å². The van der Waals surface area contributed by atoms with E-state index in [2.05, 4.69) is 0 Å². The van der Waals surface area contributed by atoms with Gasteiger partial charge in [-0.2, -0.15) is 0 Å². The van der Waals surface area contributed by atoms with E-state index >= 15 is 0 Å². The smallest absolute Gasteiger partial charge is 0.121 e. The van der Waals surface area contributed by atoms with E-state index in [4.69, 9.17) is 33.0 Å². The lowest BCUT2D eigenvalue weighted by molar-refractivity contribution is 0.281. The van der Waals surface area contributed by atoms with Crippen LogP contribution < -0.4 is 4.74 Å². The van der Waals surface area contributed by atoms with E-state index < -0.39 is 0 Å². The molecule has 0 saturated heterocycles. The van der Waals surface area contributed by atoms with Gasteiger partial charge in [0.25, 0.3) is 0 Å². The maximum absolute atomic E-state index is 8.93. The van der Waals surface area contributed by atoms with E-state index in [1.165, 1.54) is 0 Å². The van der Waals surface area contributed by atoms with Gasteiger partial charge in [-0.15, -0.1) is 0 Å². The molecular formula is C14H12Cl2O2. The first kappa shape index (κ1) is 13.2. The molecule has 1 N–H and O–H groups in total. The predicted octanol–water partition coefficient (Wildman–Crippen LogP) is 4.06. The highest BCUT2D eigenvalue weighted by atomic mass is 35.5. The van der Waals surface area contributed by atoms with Crippen LogP contribution in [0.4, 0.5) is 0 Å². The summed E-state index contributed by atoms with van der Waals surface area (Å²) in [7, 11) is 0. The van der Waals surface area contributed by atoms with Crippen molar-refractivity contribution < 1.29 is 9.84 Å². The summed E-state index contributed by atoms with van der Waals surface area (Å²) in [5.74, 6) is 0.677. The third-order valence-electron chi connectivity index (χ3n) is 2.50. The van der Waals surface area contributed by atoms with Crippen molar-refractivity contribution in [1.82, 2.24) is 0 Å². The maximum Gasteiger partial charge on any atom is 0.121 e. The molecule has 2 aromatic carbocycles. The van der Waals surface area contributed by atoms with Crippen molar-refractivity contribution in [3.63, 3.8) is 0 Å². The van der Waals surface area contributed by atoms with Crippen molar-refractivity contribution in [2.75, 3.05) is 0 Å². The van der Waals surface area contributed by atoms with E-state index in [1.807, 2.05) is 24.3 Å². The zero-order chi connectivity index (χ0) is 13.0. The second-order valence-corrected chi connectivity index (χ2v) is 4.65. The van der Waals surface area contributed by atoms with Crippen LogP contribution in [0.5, 0.6) is 5.75 Å². The van der Waals surface area contributed by atoms with Gasteiger partial charge in [-0.1, -0.05) is 47.5 Å². The fourth-order valence-corrected chi connectivity index (χ4v) is 1.76. The molecule has 0 aliphatic heterocycles. The lowest BCUT2D eigenvalue weighted by atomic mass is 10.1. The van der Waals surface area contributed by atoms with Crippen LogP contribution in [0, 0.1) is 0 Å². The van der Waals surface area contributed by atoms with Crippen molar-refractivity contribution in [1.29, 1.82) is 0 Å². The number of hydrogen-bond acceptors (Lipinski definition) is 2. The molecule has 0 unspecified atom stereocenters. The topological polar surface area (TPSA) is 29.5 Å². The summed E-state index contributed by atoms with van der Waals surface area (Å²) in [5.41, 5.74) is 1.91. The minimum absolute atomic E-state index is 0.0495. The van der Waals surface area contributed by atoms with Crippen LogP contribution in [-0.4, -0.2) is 5.11 Å². The van der Waals surface area contributed by atoms with Gasteiger partial charge >= 0.3 is 0 Å². The van der Waals surface area contributed by atoms with Crippen LogP contribution in [0.2, 0.25) is 10.0 Å². The summed E-state index contributed by atoms with van der Waals surface area (Å²) in [6, 6.07) is 12.7. The van der Waals surface area contributed by atoms with Crippen LogP contribution in [0.25, 0.3) is 0 Å². The highest BCUT2D eigenvalue weighted by molar-refractivity contribution is 6.42. The largest absolute Gasteiger partial charge is 0.489 e. The van der Waals surface area contributed by atoms with Crippen LogP contribution in [0.3, 0.4) is 0 Å². The average Bonchev–Trinajstić information content (AvgIpc) is 2.41. The van der Waals surface area contributed by atoms with Crippen LogP contribution in [0.15, 0.2) is 42.5 Å². The first-order chi connectivity index (χ1) is 8.69. The van der Waals surface area contributed by atoms with Gasteiger partial charge in [0, 0.05) is 6.07 Å². The lowest BCUT2D eigenvalue weighted by Gasteiger charge is -2.07. The minimum Gasteiger partial charge on any atom is -0.489 e. The Morgan fingerprint density at radius 1 is 0.889 bits per heavy atom. The molecule has 0 aromatic heterocycles. The van der Waals surface area contributed by atoms with Crippen LogP contribution >= 0.6 is 23.2 Å².